The van der Waals surface area contributed by atoms with Crippen molar-refractivity contribution in [2.45, 2.75) is 5.25 Å². The van der Waals surface area contributed by atoms with Crippen molar-refractivity contribution in [2.24, 2.45) is 5.73 Å². The van der Waals surface area contributed by atoms with Crippen LogP contribution in [0.15, 0.2) is 24.3 Å². The molecule has 0 saturated carbocycles. The van der Waals surface area contributed by atoms with Gasteiger partial charge in [0.25, 0.3) is 0 Å². The second-order valence-electron chi connectivity index (χ2n) is 3.63. The van der Waals surface area contributed by atoms with Gasteiger partial charge < -0.3 is 10.6 Å². The molecule has 1 atom stereocenters. The van der Waals surface area contributed by atoms with Crippen molar-refractivity contribution in [2.75, 3.05) is 30.3 Å². The van der Waals surface area contributed by atoms with Crippen molar-refractivity contribution < 1.29 is 0 Å². The minimum absolute atomic E-state index is 0.537. The molecule has 1 aromatic rings. The lowest BCUT2D eigenvalue weighted by atomic mass is 10.2. The first-order chi connectivity index (χ1) is 7.31. The molecule has 2 rings (SSSR count). The van der Waals surface area contributed by atoms with Gasteiger partial charge in [-0.1, -0.05) is 23.7 Å². The Hall–Kier alpha value is -0.380. The Morgan fingerprint density at radius 2 is 2.27 bits per heavy atom. The van der Waals surface area contributed by atoms with Gasteiger partial charge >= 0.3 is 0 Å². The van der Waals surface area contributed by atoms with E-state index in [4.69, 9.17) is 17.3 Å². The monoisotopic (exact) mass is 242 g/mol. The fourth-order valence-corrected chi connectivity index (χ4v) is 3.12. The summed E-state index contributed by atoms with van der Waals surface area (Å²) in [5.74, 6) is 1.13. The number of hydrogen-bond acceptors (Lipinski definition) is 3. The van der Waals surface area contributed by atoms with Gasteiger partial charge in [0.2, 0.25) is 0 Å². The van der Waals surface area contributed by atoms with E-state index in [2.05, 4.69) is 11.0 Å². The van der Waals surface area contributed by atoms with Gasteiger partial charge in [0, 0.05) is 30.6 Å². The number of hydrogen-bond donors (Lipinski definition) is 1. The maximum absolute atomic E-state index is 6.17. The molecule has 2 nitrogen and oxygen atoms in total. The molecule has 0 bridgehead atoms. The molecular formula is C11H15ClN2S. The van der Waals surface area contributed by atoms with Gasteiger partial charge in [-0.15, -0.1) is 0 Å². The molecule has 2 N–H and O–H groups in total. The molecule has 15 heavy (non-hydrogen) atoms. The van der Waals surface area contributed by atoms with Crippen molar-refractivity contribution in [3.63, 3.8) is 0 Å². The highest BCUT2D eigenvalue weighted by Crippen LogP contribution is 2.29. The van der Waals surface area contributed by atoms with E-state index in [-0.39, 0.29) is 0 Å². The number of nitrogens with zero attached hydrogens (tertiary/aromatic N) is 1. The molecule has 0 spiro atoms. The average Bonchev–Trinajstić information content (AvgIpc) is 2.30. The topological polar surface area (TPSA) is 29.3 Å². The van der Waals surface area contributed by atoms with Crippen LogP contribution in [0.1, 0.15) is 0 Å². The molecule has 1 saturated heterocycles. The molecule has 1 aliphatic heterocycles. The molecule has 1 heterocycles. The van der Waals surface area contributed by atoms with Crippen LogP contribution in [0, 0.1) is 0 Å². The van der Waals surface area contributed by atoms with Gasteiger partial charge in [-0.25, -0.2) is 0 Å². The van der Waals surface area contributed by atoms with E-state index in [1.165, 1.54) is 0 Å². The summed E-state index contributed by atoms with van der Waals surface area (Å²) in [4.78, 5) is 2.33. The van der Waals surface area contributed by atoms with Crippen LogP contribution < -0.4 is 10.6 Å². The van der Waals surface area contributed by atoms with Crippen molar-refractivity contribution in [1.82, 2.24) is 0 Å². The van der Waals surface area contributed by atoms with Crippen molar-refractivity contribution in [1.29, 1.82) is 0 Å². The molecule has 0 amide bonds. The molecule has 1 aliphatic rings. The summed E-state index contributed by atoms with van der Waals surface area (Å²) < 4.78 is 0. The van der Waals surface area contributed by atoms with Crippen LogP contribution in [-0.4, -0.2) is 30.6 Å². The van der Waals surface area contributed by atoms with Crippen LogP contribution in [-0.2, 0) is 0 Å². The Kier molecular flexibility index (Phi) is 3.78. The van der Waals surface area contributed by atoms with Crippen molar-refractivity contribution in [3.8, 4) is 0 Å². The van der Waals surface area contributed by atoms with E-state index in [0.29, 0.717) is 5.25 Å². The quantitative estimate of drug-likeness (QED) is 0.863. The first-order valence-electron chi connectivity index (χ1n) is 5.12. The summed E-state index contributed by atoms with van der Waals surface area (Å²) in [5.41, 5.74) is 6.84. The van der Waals surface area contributed by atoms with E-state index >= 15 is 0 Å². The van der Waals surface area contributed by atoms with Gasteiger partial charge in [0.05, 0.1) is 10.7 Å². The lowest BCUT2D eigenvalue weighted by Gasteiger charge is -2.34. The average molecular weight is 243 g/mol. The molecule has 0 radical (unpaired) electrons. The molecule has 0 aliphatic carbocycles. The second kappa shape index (κ2) is 5.10. The van der Waals surface area contributed by atoms with Crippen LogP contribution in [0.2, 0.25) is 5.02 Å². The summed E-state index contributed by atoms with van der Waals surface area (Å²) in [6, 6.07) is 8.01. The van der Waals surface area contributed by atoms with E-state index in [1.807, 2.05) is 30.0 Å². The molecule has 1 fully saturated rings. The Balaban J connectivity index is 2.13. The predicted molar refractivity (Wildman–Crippen MR) is 69.0 cm³/mol. The molecule has 1 unspecified atom stereocenters. The SMILES string of the molecule is NCC1CN(c2ccccc2Cl)CCS1. The summed E-state index contributed by atoms with van der Waals surface area (Å²) in [5, 5.41) is 1.37. The van der Waals surface area contributed by atoms with Crippen LogP contribution >= 0.6 is 23.4 Å². The minimum Gasteiger partial charge on any atom is -0.368 e. The highest BCUT2D eigenvalue weighted by Gasteiger charge is 2.20. The Bertz CT molecular complexity index is 332. The van der Waals surface area contributed by atoms with Crippen LogP contribution in [0.5, 0.6) is 0 Å². The zero-order chi connectivity index (χ0) is 10.7. The maximum atomic E-state index is 6.17. The minimum atomic E-state index is 0.537. The molecular weight excluding hydrogens is 228 g/mol. The largest absolute Gasteiger partial charge is 0.368 e. The molecule has 4 heteroatoms. The first-order valence-corrected chi connectivity index (χ1v) is 6.55. The van der Waals surface area contributed by atoms with E-state index < -0.39 is 0 Å². The number of rotatable bonds is 2. The Labute approximate surface area is 99.8 Å². The predicted octanol–water partition coefficient (Wildman–Crippen LogP) is 2.22. The number of thioether (sulfide) groups is 1. The molecule has 82 valence electrons. The fourth-order valence-electron chi connectivity index (χ4n) is 1.79. The number of nitrogens with two attached hydrogens (primary N) is 1. The maximum Gasteiger partial charge on any atom is 0.0639 e. The fraction of sp³-hybridized carbons (Fsp3) is 0.455. The smallest absolute Gasteiger partial charge is 0.0639 e. The molecule has 1 aromatic carbocycles. The summed E-state index contributed by atoms with van der Waals surface area (Å²) in [7, 11) is 0. The van der Waals surface area contributed by atoms with E-state index in [1.54, 1.807) is 0 Å². The van der Waals surface area contributed by atoms with Gasteiger partial charge in [0.1, 0.15) is 0 Å². The third kappa shape index (κ3) is 2.60. The molecule has 0 aromatic heterocycles. The van der Waals surface area contributed by atoms with Gasteiger partial charge in [0.15, 0.2) is 0 Å². The van der Waals surface area contributed by atoms with Gasteiger partial charge in [-0.3, -0.25) is 0 Å². The van der Waals surface area contributed by atoms with Gasteiger partial charge in [-0.2, -0.15) is 11.8 Å². The van der Waals surface area contributed by atoms with Crippen LogP contribution in [0.4, 0.5) is 5.69 Å². The van der Waals surface area contributed by atoms with Gasteiger partial charge in [-0.05, 0) is 12.1 Å². The summed E-state index contributed by atoms with van der Waals surface area (Å²) in [6.45, 7) is 2.81. The standard InChI is InChI=1S/C11H15ClN2S/c12-10-3-1-2-4-11(10)14-5-6-15-9(7-13)8-14/h1-4,9H,5-8,13H2. The highest BCUT2D eigenvalue weighted by atomic mass is 35.5. The number of benzene rings is 1. The normalized spacial score (nSPS) is 21.7. The third-order valence-corrected chi connectivity index (χ3v) is 4.15. The lowest BCUT2D eigenvalue weighted by Crippen LogP contribution is -2.41. The Morgan fingerprint density at radius 1 is 1.47 bits per heavy atom. The van der Waals surface area contributed by atoms with Crippen LogP contribution in [0.25, 0.3) is 0 Å². The highest BCUT2D eigenvalue weighted by molar-refractivity contribution is 8.00. The number of anilines is 1. The number of para-hydroxylation sites is 1. The van der Waals surface area contributed by atoms with Crippen LogP contribution in [0.3, 0.4) is 0 Å². The first kappa shape index (κ1) is 11.1. The summed E-state index contributed by atoms with van der Waals surface area (Å²) in [6.07, 6.45) is 0. The zero-order valence-electron chi connectivity index (χ0n) is 8.53. The van der Waals surface area contributed by atoms with Crippen molar-refractivity contribution >= 4 is 29.1 Å². The van der Waals surface area contributed by atoms with Crippen molar-refractivity contribution in [3.05, 3.63) is 29.3 Å². The number of halogens is 1. The Morgan fingerprint density at radius 3 is 3.00 bits per heavy atom. The lowest BCUT2D eigenvalue weighted by molar-refractivity contribution is 0.749. The van der Waals surface area contributed by atoms with E-state index in [9.17, 15) is 0 Å². The summed E-state index contributed by atoms with van der Waals surface area (Å²) >= 11 is 8.13. The van der Waals surface area contributed by atoms with E-state index in [0.717, 1.165) is 36.1 Å². The second-order valence-corrected chi connectivity index (χ2v) is 5.44. The zero-order valence-corrected chi connectivity index (χ0v) is 10.1. The third-order valence-electron chi connectivity index (χ3n) is 2.59.